The first-order valence-corrected chi connectivity index (χ1v) is 5.36. The molecule has 0 fully saturated rings. The van der Waals surface area contributed by atoms with Gasteiger partial charge in [-0.25, -0.2) is 0 Å². The molecule has 0 aromatic heterocycles. The van der Waals surface area contributed by atoms with E-state index in [1.165, 1.54) is 6.07 Å². The highest BCUT2D eigenvalue weighted by Gasteiger charge is 2.13. The van der Waals surface area contributed by atoms with Crippen LogP contribution >= 0.6 is 27.7 Å². The molecule has 0 spiro atoms. The van der Waals surface area contributed by atoms with Crippen molar-refractivity contribution in [3.05, 3.63) is 32.8 Å². The average molecular weight is 273 g/mol. The van der Waals surface area contributed by atoms with Crippen LogP contribution in [0.4, 0.5) is 5.69 Å². The Kier molecular flexibility index (Phi) is 3.92. The van der Waals surface area contributed by atoms with Crippen LogP contribution in [-0.2, 0) is 0 Å². The molecule has 4 nitrogen and oxygen atoms in total. The lowest BCUT2D eigenvalue weighted by molar-refractivity contribution is -0.387. The zero-order valence-electron chi connectivity index (χ0n) is 6.94. The molecule has 0 atom stereocenters. The Labute approximate surface area is 93.2 Å². The molecular weight excluding hydrogens is 268 g/mol. The quantitative estimate of drug-likeness (QED) is 0.482. The number of benzene rings is 1. The van der Waals surface area contributed by atoms with Crippen molar-refractivity contribution in [2.24, 2.45) is 0 Å². The topological polar surface area (TPSA) is 66.9 Å². The van der Waals surface area contributed by atoms with Crippen molar-refractivity contribution in [2.45, 2.75) is 4.90 Å². The van der Waals surface area contributed by atoms with Crippen molar-refractivity contribution < 1.29 is 4.92 Å². The van der Waals surface area contributed by atoms with Crippen molar-refractivity contribution in [1.29, 1.82) is 5.26 Å². The van der Waals surface area contributed by atoms with E-state index in [-0.39, 0.29) is 11.4 Å². The summed E-state index contributed by atoms with van der Waals surface area (Å²) < 4.78 is 0.658. The Hall–Kier alpha value is -1.06. The second-order valence-corrected chi connectivity index (χ2v) is 4.25. The van der Waals surface area contributed by atoms with Gasteiger partial charge in [0.1, 0.15) is 0 Å². The number of nitro groups is 1. The normalized spacial score (nSPS) is 9.43. The maximum Gasteiger partial charge on any atom is 0.284 e. The third-order valence-electron chi connectivity index (χ3n) is 1.41. The summed E-state index contributed by atoms with van der Waals surface area (Å²) in [5.41, 5.74) is 0.0274. The lowest BCUT2D eigenvalue weighted by Crippen LogP contribution is -1.91. The van der Waals surface area contributed by atoms with E-state index in [9.17, 15) is 10.1 Å². The van der Waals surface area contributed by atoms with Crippen LogP contribution in [0.1, 0.15) is 0 Å². The van der Waals surface area contributed by atoms with Gasteiger partial charge in [-0.15, -0.1) is 11.8 Å². The molecule has 14 heavy (non-hydrogen) atoms. The van der Waals surface area contributed by atoms with E-state index in [2.05, 4.69) is 15.9 Å². The van der Waals surface area contributed by atoms with E-state index < -0.39 is 4.92 Å². The van der Waals surface area contributed by atoms with Gasteiger partial charge in [0.15, 0.2) is 0 Å². The number of nitro benzene ring substituents is 1. The summed E-state index contributed by atoms with van der Waals surface area (Å²) in [5, 5.41) is 19.0. The van der Waals surface area contributed by atoms with E-state index in [0.29, 0.717) is 9.37 Å². The number of halogens is 1. The van der Waals surface area contributed by atoms with Gasteiger partial charge in [-0.05, 0) is 12.1 Å². The predicted molar refractivity (Wildman–Crippen MR) is 57.1 cm³/mol. The van der Waals surface area contributed by atoms with Crippen LogP contribution in [0.5, 0.6) is 0 Å². The molecule has 1 aromatic rings. The first-order valence-electron chi connectivity index (χ1n) is 3.59. The molecule has 0 radical (unpaired) electrons. The highest BCUT2D eigenvalue weighted by atomic mass is 79.9. The molecule has 0 saturated carbocycles. The Morgan fingerprint density at radius 1 is 1.64 bits per heavy atom. The molecule has 72 valence electrons. The van der Waals surface area contributed by atoms with E-state index in [4.69, 9.17) is 5.26 Å². The smallest absolute Gasteiger partial charge is 0.258 e. The molecule has 6 heteroatoms. The first-order chi connectivity index (χ1) is 6.65. The average Bonchev–Trinajstić information content (AvgIpc) is 2.15. The molecular formula is C8H5BrN2O2S. The number of hydrogen-bond donors (Lipinski definition) is 0. The lowest BCUT2D eigenvalue weighted by Gasteiger charge is -1.99. The van der Waals surface area contributed by atoms with Gasteiger partial charge in [0, 0.05) is 10.5 Å². The standard InChI is InChI=1S/C8H5BrN2O2S/c9-6-1-2-8(14-4-3-10)7(5-6)11(12)13/h1-2,5H,4H2. The van der Waals surface area contributed by atoms with Crippen LogP contribution < -0.4 is 0 Å². The van der Waals surface area contributed by atoms with Crippen LogP contribution in [0.15, 0.2) is 27.6 Å². The number of thioether (sulfide) groups is 1. The molecule has 0 saturated heterocycles. The predicted octanol–water partition coefficient (Wildman–Crippen LogP) is 2.97. The molecule has 0 amide bonds. The summed E-state index contributed by atoms with van der Waals surface area (Å²) >= 11 is 4.31. The number of rotatable bonds is 3. The van der Waals surface area contributed by atoms with Gasteiger partial charge in [0.05, 0.1) is 21.6 Å². The summed E-state index contributed by atoms with van der Waals surface area (Å²) in [6.45, 7) is 0. The highest BCUT2D eigenvalue weighted by molar-refractivity contribution is 9.10. The van der Waals surface area contributed by atoms with Gasteiger partial charge < -0.3 is 0 Å². The van der Waals surface area contributed by atoms with Gasteiger partial charge in [-0.2, -0.15) is 5.26 Å². The second kappa shape index (κ2) is 4.98. The number of nitriles is 1. The first kappa shape index (κ1) is 11.0. The van der Waals surface area contributed by atoms with Gasteiger partial charge in [-0.1, -0.05) is 15.9 Å². The number of nitrogens with zero attached hydrogens (tertiary/aromatic N) is 2. The fraction of sp³-hybridized carbons (Fsp3) is 0.125. The van der Waals surface area contributed by atoms with Crippen molar-refractivity contribution in [2.75, 3.05) is 5.75 Å². The molecule has 0 N–H and O–H groups in total. The zero-order valence-corrected chi connectivity index (χ0v) is 9.34. The van der Waals surface area contributed by atoms with Gasteiger partial charge >= 0.3 is 0 Å². The van der Waals surface area contributed by atoms with Crippen molar-refractivity contribution >= 4 is 33.4 Å². The maximum absolute atomic E-state index is 10.6. The minimum atomic E-state index is -0.454. The Balaban J connectivity index is 3.03. The van der Waals surface area contributed by atoms with Gasteiger partial charge in [-0.3, -0.25) is 10.1 Å². The Morgan fingerprint density at radius 2 is 2.36 bits per heavy atom. The zero-order chi connectivity index (χ0) is 10.6. The van der Waals surface area contributed by atoms with Crippen LogP contribution in [0.2, 0.25) is 0 Å². The lowest BCUT2D eigenvalue weighted by atomic mass is 10.3. The molecule has 0 aliphatic rings. The van der Waals surface area contributed by atoms with E-state index in [0.717, 1.165) is 11.8 Å². The minimum absolute atomic E-state index is 0.0274. The fourth-order valence-electron chi connectivity index (χ4n) is 0.865. The van der Waals surface area contributed by atoms with Gasteiger partial charge in [0.2, 0.25) is 0 Å². The summed E-state index contributed by atoms with van der Waals surface area (Å²) in [4.78, 5) is 10.7. The monoisotopic (exact) mass is 272 g/mol. The Morgan fingerprint density at radius 3 is 2.93 bits per heavy atom. The highest BCUT2D eigenvalue weighted by Crippen LogP contribution is 2.31. The fourth-order valence-corrected chi connectivity index (χ4v) is 1.88. The molecule has 1 aromatic carbocycles. The van der Waals surface area contributed by atoms with Crippen molar-refractivity contribution in [1.82, 2.24) is 0 Å². The summed E-state index contributed by atoms with van der Waals surface area (Å²) in [7, 11) is 0. The van der Waals surface area contributed by atoms with Gasteiger partial charge in [0.25, 0.3) is 5.69 Å². The van der Waals surface area contributed by atoms with Crippen LogP contribution in [0.3, 0.4) is 0 Å². The molecule has 0 bridgehead atoms. The largest absolute Gasteiger partial charge is 0.284 e. The van der Waals surface area contributed by atoms with Crippen LogP contribution in [0.25, 0.3) is 0 Å². The molecule has 0 aliphatic heterocycles. The summed E-state index contributed by atoms with van der Waals surface area (Å²) in [6.07, 6.45) is 0. The van der Waals surface area contributed by atoms with E-state index in [1.807, 2.05) is 6.07 Å². The Bertz CT molecular complexity index is 403. The van der Waals surface area contributed by atoms with E-state index >= 15 is 0 Å². The second-order valence-electron chi connectivity index (χ2n) is 2.32. The molecule has 0 unspecified atom stereocenters. The van der Waals surface area contributed by atoms with E-state index in [1.54, 1.807) is 12.1 Å². The molecule has 1 rings (SSSR count). The third kappa shape index (κ3) is 2.72. The molecule has 0 heterocycles. The van der Waals surface area contributed by atoms with Crippen LogP contribution in [0, 0.1) is 21.4 Å². The SMILES string of the molecule is N#CCSc1ccc(Br)cc1[N+](=O)[O-]. The summed E-state index contributed by atoms with van der Waals surface area (Å²) in [5.74, 6) is 0.211. The molecule has 0 aliphatic carbocycles. The number of hydrogen-bond acceptors (Lipinski definition) is 4. The van der Waals surface area contributed by atoms with Crippen LogP contribution in [-0.4, -0.2) is 10.7 Å². The van der Waals surface area contributed by atoms with Crippen molar-refractivity contribution in [3.63, 3.8) is 0 Å². The summed E-state index contributed by atoms with van der Waals surface area (Å²) in [6, 6.07) is 6.70. The minimum Gasteiger partial charge on any atom is -0.258 e. The maximum atomic E-state index is 10.6. The third-order valence-corrected chi connectivity index (χ3v) is 2.83. The van der Waals surface area contributed by atoms with Crippen molar-refractivity contribution in [3.8, 4) is 6.07 Å².